The van der Waals surface area contributed by atoms with Crippen LogP contribution in [-0.2, 0) is 11.2 Å². The fraction of sp³-hybridized carbons (Fsp3) is 0.500. The summed E-state index contributed by atoms with van der Waals surface area (Å²) < 4.78 is 16.5. The number of fused-ring (bicyclic) bond motifs is 1. The Morgan fingerprint density at radius 1 is 1.03 bits per heavy atom. The van der Waals surface area contributed by atoms with Crippen molar-refractivity contribution in [2.45, 2.75) is 51.0 Å². The zero-order chi connectivity index (χ0) is 22.8. The van der Waals surface area contributed by atoms with Gasteiger partial charge in [-0.05, 0) is 31.0 Å². The van der Waals surface area contributed by atoms with Crippen LogP contribution in [0.5, 0.6) is 0 Å². The monoisotopic (exact) mass is 452 g/mol. The summed E-state index contributed by atoms with van der Waals surface area (Å²) >= 11 is 0. The van der Waals surface area contributed by atoms with Crippen LogP contribution >= 0.6 is 0 Å². The predicted octanol–water partition coefficient (Wildman–Crippen LogP) is 2.43. The minimum atomic E-state index is -0.417. The molecule has 0 bridgehead atoms. The van der Waals surface area contributed by atoms with Crippen LogP contribution < -0.4 is 5.56 Å². The van der Waals surface area contributed by atoms with Gasteiger partial charge >= 0.3 is 5.56 Å². The van der Waals surface area contributed by atoms with E-state index in [0.717, 1.165) is 26.2 Å². The minimum Gasteiger partial charge on any atom is -0.340 e. The average molecular weight is 453 g/mol. The highest BCUT2D eigenvalue weighted by Gasteiger charge is 2.27. The van der Waals surface area contributed by atoms with Crippen molar-refractivity contribution in [2.75, 3.05) is 26.2 Å². The molecule has 3 aromatic rings. The maximum absolute atomic E-state index is 13.6. The summed E-state index contributed by atoms with van der Waals surface area (Å²) in [4.78, 5) is 30.1. The fourth-order valence-electron chi connectivity index (χ4n) is 5.09. The molecule has 0 radical (unpaired) electrons. The second kappa shape index (κ2) is 9.43. The highest BCUT2D eigenvalue weighted by molar-refractivity contribution is 5.76. The third-order valence-electron chi connectivity index (χ3n) is 6.95. The molecule has 0 N–H and O–H groups in total. The first-order valence-electron chi connectivity index (χ1n) is 11.8. The molecule has 2 aliphatic rings. The van der Waals surface area contributed by atoms with Crippen molar-refractivity contribution < 1.29 is 9.18 Å². The molecule has 1 saturated carbocycles. The lowest BCUT2D eigenvalue weighted by molar-refractivity contribution is -0.133. The Kier molecular flexibility index (Phi) is 6.22. The van der Waals surface area contributed by atoms with E-state index in [1.807, 2.05) is 4.90 Å². The molecule has 2 aromatic heterocycles. The Balaban J connectivity index is 1.22. The largest absolute Gasteiger partial charge is 0.340 e. The van der Waals surface area contributed by atoms with Gasteiger partial charge in [0.05, 0.1) is 5.69 Å². The molecule has 174 valence electrons. The summed E-state index contributed by atoms with van der Waals surface area (Å²) in [6.07, 6.45) is 10.6. The van der Waals surface area contributed by atoms with E-state index < -0.39 is 5.82 Å². The maximum Gasteiger partial charge on any atom is 0.300 e. The molecule has 1 aromatic carbocycles. The van der Waals surface area contributed by atoms with Crippen molar-refractivity contribution in [3.05, 3.63) is 58.7 Å². The summed E-state index contributed by atoms with van der Waals surface area (Å²) in [5, 5.41) is 8.18. The predicted molar refractivity (Wildman–Crippen MR) is 122 cm³/mol. The number of hydrogen-bond donors (Lipinski definition) is 0. The van der Waals surface area contributed by atoms with Crippen LogP contribution in [0, 0.1) is 5.82 Å². The number of aromatic nitrogens is 4. The van der Waals surface area contributed by atoms with Crippen molar-refractivity contribution >= 4 is 11.6 Å². The number of carbonyl (C=O) groups excluding carboxylic acids is 1. The van der Waals surface area contributed by atoms with Crippen LogP contribution in [0.15, 0.2) is 41.5 Å². The number of rotatable bonds is 5. The maximum atomic E-state index is 13.6. The fourth-order valence-corrected chi connectivity index (χ4v) is 5.09. The number of nitrogens with zero attached hydrogens (tertiary/aromatic N) is 6. The minimum absolute atomic E-state index is 0.114. The Morgan fingerprint density at radius 2 is 1.82 bits per heavy atom. The van der Waals surface area contributed by atoms with Gasteiger partial charge in [-0.3, -0.25) is 23.5 Å². The van der Waals surface area contributed by atoms with Crippen molar-refractivity contribution in [1.29, 1.82) is 0 Å². The standard InChI is InChI=1S/C24H29FN6O2/c25-18-5-4-8-20(17-18)30-15-16-31-21(26-27-23(31)24(30)33)9-10-22(32)29-13-11-28(12-14-29)19-6-2-1-3-7-19/h4-5,8,15-17,19H,1-3,6-7,9-14H2. The Morgan fingerprint density at radius 3 is 2.58 bits per heavy atom. The Hall–Kier alpha value is -3.07. The molecular formula is C24H29FN6O2. The van der Waals surface area contributed by atoms with Crippen molar-refractivity contribution in [2.24, 2.45) is 0 Å². The Labute approximate surface area is 191 Å². The molecule has 33 heavy (non-hydrogen) atoms. The number of carbonyl (C=O) groups is 1. The van der Waals surface area contributed by atoms with E-state index in [1.54, 1.807) is 28.9 Å². The van der Waals surface area contributed by atoms with Crippen LogP contribution in [0.4, 0.5) is 4.39 Å². The molecule has 2 fully saturated rings. The first-order valence-corrected chi connectivity index (χ1v) is 11.8. The quantitative estimate of drug-likeness (QED) is 0.594. The average Bonchev–Trinajstić information content (AvgIpc) is 3.27. The number of hydrogen-bond acceptors (Lipinski definition) is 5. The van der Waals surface area contributed by atoms with E-state index in [1.165, 1.54) is 48.8 Å². The van der Waals surface area contributed by atoms with Gasteiger partial charge in [0.25, 0.3) is 0 Å². The van der Waals surface area contributed by atoms with E-state index in [0.29, 0.717) is 30.4 Å². The summed E-state index contributed by atoms with van der Waals surface area (Å²) in [5.41, 5.74) is 0.201. The van der Waals surface area contributed by atoms with Gasteiger partial charge in [-0.25, -0.2) is 4.39 Å². The van der Waals surface area contributed by atoms with E-state index >= 15 is 0 Å². The van der Waals surface area contributed by atoms with Crippen LogP contribution in [0.2, 0.25) is 0 Å². The Bertz CT molecular complexity index is 1190. The number of piperazine rings is 1. The van der Waals surface area contributed by atoms with Gasteiger partial charge in [-0.1, -0.05) is 25.3 Å². The van der Waals surface area contributed by atoms with Gasteiger partial charge in [0.1, 0.15) is 11.6 Å². The molecule has 8 nitrogen and oxygen atoms in total. The number of halogens is 1. The molecule has 1 aliphatic heterocycles. The molecule has 5 rings (SSSR count). The van der Waals surface area contributed by atoms with Crippen LogP contribution in [0.3, 0.4) is 0 Å². The topological polar surface area (TPSA) is 75.7 Å². The number of aryl methyl sites for hydroxylation is 1. The summed E-state index contributed by atoms with van der Waals surface area (Å²) in [7, 11) is 0. The van der Waals surface area contributed by atoms with Crippen molar-refractivity contribution in [3.63, 3.8) is 0 Å². The van der Waals surface area contributed by atoms with E-state index in [9.17, 15) is 14.0 Å². The normalized spacial score (nSPS) is 18.2. The zero-order valence-electron chi connectivity index (χ0n) is 18.7. The smallest absolute Gasteiger partial charge is 0.300 e. The molecule has 1 saturated heterocycles. The highest BCUT2D eigenvalue weighted by atomic mass is 19.1. The molecular weight excluding hydrogens is 423 g/mol. The van der Waals surface area contributed by atoms with Gasteiger partial charge in [-0.15, -0.1) is 10.2 Å². The molecule has 1 aliphatic carbocycles. The third-order valence-corrected chi connectivity index (χ3v) is 6.95. The lowest BCUT2D eigenvalue weighted by Crippen LogP contribution is -2.52. The van der Waals surface area contributed by atoms with Gasteiger partial charge in [0, 0.05) is 57.5 Å². The first kappa shape index (κ1) is 21.8. The highest BCUT2D eigenvalue weighted by Crippen LogP contribution is 2.23. The lowest BCUT2D eigenvalue weighted by atomic mass is 9.94. The molecule has 3 heterocycles. The summed E-state index contributed by atoms with van der Waals surface area (Å²) in [6.45, 7) is 3.44. The molecule has 0 spiro atoms. The number of benzene rings is 1. The van der Waals surface area contributed by atoms with Crippen molar-refractivity contribution in [1.82, 2.24) is 29.0 Å². The van der Waals surface area contributed by atoms with Gasteiger partial charge in [-0.2, -0.15) is 0 Å². The van der Waals surface area contributed by atoms with E-state index in [-0.39, 0.29) is 17.1 Å². The lowest BCUT2D eigenvalue weighted by Gasteiger charge is -2.40. The van der Waals surface area contributed by atoms with Crippen LogP contribution in [0.25, 0.3) is 11.3 Å². The van der Waals surface area contributed by atoms with E-state index in [4.69, 9.17) is 0 Å². The third kappa shape index (κ3) is 4.55. The van der Waals surface area contributed by atoms with Crippen LogP contribution in [0.1, 0.15) is 44.3 Å². The van der Waals surface area contributed by atoms with Crippen LogP contribution in [-0.4, -0.2) is 67.1 Å². The summed E-state index contributed by atoms with van der Waals surface area (Å²) in [6, 6.07) is 6.52. The zero-order valence-corrected chi connectivity index (χ0v) is 18.7. The summed E-state index contributed by atoms with van der Waals surface area (Å²) in [5.74, 6) is 0.269. The van der Waals surface area contributed by atoms with Gasteiger partial charge < -0.3 is 4.90 Å². The molecule has 0 unspecified atom stereocenters. The van der Waals surface area contributed by atoms with Gasteiger partial charge in [0.2, 0.25) is 11.6 Å². The molecule has 9 heteroatoms. The molecule has 1 amide bonds. The second-order valence-electron chi connectivity index (χ2n) is 8.97. The van der Waals surface area contributed by atoms with Crippen molar-refractivity contribution in [3.8, 4) is 5.69 Å². The number of amides is 1. The first-order chi connectivity index (χ1) is 16.1. The molecule has 0 atom stereocenters. The SMILES string of the molecule is O=C(CCc1nnc2c(=O)n(-c3cccc(F)c3)ccn12)N1CCN(C2CCCCC2)CC1. The van der Waals surface area contributed by atoms with E-state index in [2.05, 4.69) is 15.1 Å². The second-order valence-corrected chi connectivity index (χ2v) is 8.97. The van der Waals surface area contributed by atoms with Gasteiger partial charge in [0.15, 0.2) is 0 Å².